The number of anilines is 1. The minimum Gasteiger partial charge on any atom is -0.494 e. The van der Waals surface area contributed by atoms with Gasteiger partial charge in [0.15, 0.2) is 5.13 Å². The summed E-state index contributed by atoms with van der Waals surface area (Å²) in [4.78, 5) is 22.5. The molecule has 0 bridgehead atoms. The Hall–Kier alpha value is -3.75. The van der Waals surface area contributed by atoms with Gasteiger partial charge in [-0.1, -0.05) is 58.4 Å². The lowest BCUT2D eigenvalue weighted by atomic mass is 10.1. The van der Waals surface area contributed by atoms with Crippen LogP contribution in [0.2, 0.25) is 0 Å². The summed E-state index contributed by atoms with van der Waals surface area (Å²) in [5, 5.41) is 6.05. The number of carbonyl (C=O) groups excluding carboxylic acids is 1. The van der Waals surface area contributed by atoms with Crippen LogP contribution in [0.15, 0.2) is 98.1 Å². The number of nitrogens with one attached hydrogen (secondary N) is 1. The van der Waals surface area contributed by atoms with Crippen LogP contribution >= 0.6 is 27.3 Å². The lowest BCUT2D eigenvalue weighted by molar-refractivity contribution is 0.102. The van der Waals surface area contributed by atoms with Crippen molar-refractivity contribution in [2.45, 2.75) is 0 Å². The van der Waals surface area contributed by atoms with E-state index in [1.54, 1.807) is 25.3 Å². The molecular weight excluding hydrogens is 514 g/mol. The highest BCUT2D eigenvalue weighted by Gasteiger charge is 2.16. The van der Waals surface area contributed by atoms with Gasteiger partial charge in [0.25, 0.3) is 5.91 Å². The lowest BCUT2D eigenvalue weighted by Gasteiger charge is -2.07. The van der Waals surface area contributed by atoms with Crippen LogP contribution in [0.1, 0.15) is 10.4 Å². The Balaban J connectivity index is 1.57. The Morgan fingerprint density at radius 3 is 2.68 bits per heavy atom. The highest BCUT2D eigenvalue weighted by Crippen LogP contribution is 2.27. The molecule has 0 aliphatic carbocycles. The van der Waals surface area contributed by atoms with Gasteiger partial charge in [0.2, 0.25) is 5.55 Å². The number of benzene rings is 3. The Labute approximate surface area is 207 Å². The second kappa shape index (κ2) is 9.62. The van der Waals surface area contributed by atoms with Crippen molar-refractivity contribution in [1.29, 1.82) is 0 Å². The van der Waals surface area contributed by atoms with Crippen molar-refractivity contribution in [3.05, 3.63) is 99.8 Å². The smallest absolute Gasteiger partial charge is 0.262 e. The van der Waals surface area contributed by atoms with Crippen molar-refractivity contribution in [1.82, 2.24) is 4.98 Å². The van der Waals surface area contributed by atoms with Crippen LogP contribution < -0.4 is 15.6 Å². The predicted octanol–water partition coefficient (Wildman–Crippen LogP) is 6.81. The van der Waals surface area contributed by atoms with Gasteiger partial charge in [-0.2, -0.15) is 0 Å². The number of aromatic nitrogens is 1. The fraction of sp³-hybridized carbons (Fsp3) is 0.0385. The number of thiazole rings is 1. The lowest BCUT2D eigenvalue weighted by Crippen LogP contribution is -2.21. The van der Waals surface area contributed by atoms with E-state index in [4.69, 9.17) is 9.15 Å². The van der Waals surface area contributed by atoms with Gasteiger partial charge in [-0.15, -0.1) is 11.3 Å². The topological polar surface area (TPSA) is 76.7 Å². The highest BCUT2D eigenvalue weighted by molar-refractivity contribution is 9.10. The minimum absolute atomic E-state index is 0.177. The summed E-state index contributed by atoms with van der Waals surface area (Å²) in [6.07, 6.45) is 0. The molecule has 0 saturated heterocycles. The summed E-state index contributed by atoms with van der Waals surface area (Å²) in [5.41, 5.74) is 3.40. The molecule has 34 heavy (non-hydrogen) atoms. The number of amides is 1. The Bertz CT molecular complexity index is 1560. The third kappa shape index (κ3) is 4.64. The maximum Gasteiger partial charge on any atom is 0.262 e. The average molecular weight is 532 g/mol. The number of ether oxygens (including phenoxy) is 1. The number of halogens is 1. The molecule has 6 nitrogen and oxygen atoms in total. The van der Waals surface area contributed by atoms with E-state index in [1.807, 2.05) is 66.0 Å². The number of rotatable bonds is 5. The molecule has 0 aliphatic rings. The number of fused-ring (bicyclic) bond motifs is 1. The molecule has 0 saturated carbocycles. The summed E-state index contributed by atoms with van der Waals surface area (Å²) >= 11 is 4.83. The van der Waals surface area contributed by atoms with E-state index in [0.29, 0.717) is 22.2 Å². The second-order valence-electron chi connectivity index (χ2n) is 7.29. The third-order valence-electron chi connectivity index (χ3n) is 5.05. The first-order valence-electron chi connectivity index (χ1n) is 10.3. The Morgan fingerprint density at radius 2 is 1.85 bits per heavy atom. The molecule has 1 amide bonds. The first-order chi connectivity index (χ1) is 16.6. The van der Waals surface area contributed by atoms with E-state index < -0.39 is 0 Å². The first kappa shape index (κ1) is 22.1. The molecule has 0 aliphatic heterocycles. The molecule has 0 spiro atoms. The zero-order chi connectivity index (χ0) is 23.5. The van der Waals surface area contributed by atoms with Crippen molar-refractivity contribution in [3.8, 4) is 17.0 Å². The standard InChI is InChI=1S/C26H18BrN3O3S/c1-32-23-10-6-5-9-20(23)28-25-19(14-17-13-18(27)11-12-22(17)33-25)24(31)30-26-29-21(15-34-26)16-7-3-2-4-8-16/h2-15H,1H3,(H,29,30,31). The monoisotopic (exact) mass is 531 g/mol. The zero-order valence-corrected chi connectivity index (χ0v) is 20.4. The molecule has 1 N–H and O–H groups in total. The largest absolute Gasteiger partial charge is 0.494 e. The van der Waals surface area contributed by atoms with Crippen LogP contribution in [-0.2, 0) is 0 Å². The maximum atomic E-state index is 13.3. The predicted molar refractivity (Wildman–Crippen MR) is 138 cm³/mol. The maximum absolute atomic E-state index is 13.3. The van der Waals surface area contributed by atoms with Gasteiger partial charge in [-0.3, -0.25) is 10.1 Å². The van der Waals surface area contributed by atoms with Gasteiger partial charge >= 0.3 is 0 Å². The van der Waals surface area contributed by atoms with E-state index >= 15 is 0 Å². The van der Waals surface area contributed by atoms with Crippen molar-refractivity contribution < 1.29 is 13.9 Å². The van der Waals surface area contributed by atoms with Gasteiger partial charge < -0.3 is 9.15 Å². The highest BCUT2D eigenvalue weighted by atomic mass is 79.9. The van der Waals surface area contributed by atoms with Gasteiger partial charge in [0, 0.05) is 20.8 Å². The summed E-state index contributed by atoms with van der Waals surface area (Å²) in [6.45, 7) is 0. The van der Waals surface area contributed by atoms with E-state index in [-0.39, 0.29) is 17.0 Å². The number of methoxy groups -OCH3 is 1. The Morgan fingerprint density at radius 1 is 1.06 bits per heavy atom. The van der Waals surface area contributed by atoms with Crippen LogP contribution in [-0.4, -0.2) is 18.0 Å². The van der Waals surface area contributed by atoms with Gasteiger partial charge in [0.05, 0.1) is 12.8 Å². The fourth-order valence-electron chi connectivity index (χ4n) is 3.42. The van der Waals surface area contributed by atoms with Crippen LogP contribution in [0.3, 0.4) is 0 Å². The molecule has 168 valence electrons. The summed E-state index contributed by atoms with van der Waals surface area (Å²) < 4.78 is 12.4. The number of hydrogen-bond acceptors (Lipinski definition) is 6. The van der Waals surface area contributed by atoms with Crippen LogP contribution in [0.5, 0.6) is 5.75 Å². The van der Waals surface area contributed by atoms with Gasteiger partial charge in [-0.25, -0.2) is 9.98 Å². The summed E-state index contributed by atoms with van der Waals surface area (Å²) in [7, 11) is 1.57. The van der Waals surface area contributed by atoms with E-state index in [0.717, 1.165) is 21.1 Å². The molecule has 0 fully saturated rings. The first-order valence-corrected chi connectivity index (χ1v) is 12.0. The van der Waals surface area contributed by atoms with Crippen LogP contribution in [0, 0.1) is 0 Å². The second-order valence-corrected chi connectivity index (χ2v) is 9.06. The Kier molecular flexibility index (Phi) is 6.24. The minimum atomic E-state index is -0.367. The normalized spacial score (nSPS) is 11.5. The average Bonchev–Trinajstić information content (AvgIpc) is 3.33. The zero-order valence-electron chi connectivity index (χ0n) is 18.0. The number of hydrogen-bond donors (Lipinski definition) is 1. The number of nitrogens with zero attached hydrogens (tertiary/aromatic N) is 2. The van der Waals surface area contributed by atoms with E-state index in [2.05, 4.69) is 31.2 Å². The van der Waals surface area contributed by atoms with Gasteiger partial charge in [-0.05, 0) is 36.4 Å². The summed E-state index contributed by atoms with van der Waals surface area (Å²) in [5.74, 6) is 0.209. The molecule has 0 radical (unpaired) electrons. The molecule has 3 aromatic carbocycles. The molecule has 2 heterocycles. The molecule has 5 rings (SSSR count). The quantitative estimate of drug-likeness (QED) is 0.270. The molecule has 8 heteroatoms. The van der Waals surface area contributed by atoms with Crippen molar-refractivity contribution in [2.75, 3.05) is 12.4 Å². The molecule has 0 atom stereocenters. The molecular formula is C26H18BrN3O3S. The van der Waals surface area contributed by atoms with Crippen molar-refractivity contribution in [3.63, 3.8) is 0 Å². The van der Waals surface area contributed by atoms with Crippen LogP contribution in [0.25, 0.3) is 22.2 Å². The SMILES string of the molecule is COc1ccccc1N=c1oc2ccc(Br)cc2cc1C(=O)Nc1nc(-c2ccccc2)cs1. The third-order valence-corrected chi connectivity index (χ3v) is 6.31. The molecule has 5 aromatic rings. The number of carbonyl (C=O) groups is 1. The van der Waals surface area contributed by atoms with Gasteiger partial charge in [0.1, 0.15) is 22.6 Å². The fourth-order valence-corrected chi connectivity index (χ4v) is 4.51. The van der Waals surface area contributed by atoms with Crippen molar-refractivity contribution >= 4 is 55.0 Å². The molecule has 0 unspecified atom stereocenters. The number of para-hydroxylation sites is 2. The van der Waals surface area contributed by atoms with Crippen LogP contribution in [0.4, 0.5) is 10.8 Å². The van der Waals surface area contributed by atoms with E-state index in [1.165, 1.54) is 11.3 Å². The van der Waals surface area contributed by atoms with E-state index in [9.17, 15) is 4.79 Å². The molecule has 2 aromatic heterocycles. The summed E-state index contributed by atoms with van der Waals surface area (Å²) in [6, 6.07) is 24.5. The van der Waals surface area contributed by atoms with Crippen molar-refractivity contribution in [2.24, 2.45) is 4.99 Å².